The standard InChI is InChI=1S/C24H36N2O4S/c1-5-26(6-2)31(28,29)22-12-20(7-8-21(22)30-4)23(27)25-16(3)24-13-17-9-18(14-24)11-19(10-17)15-24/h7-8,12,16-19H,5-6,9-11,13-15H2,1-4H3,(H,25,27). The lowest BCUT2D eigenvalue weighted by Gasteiger charge is -2.59. The number of benzene rings is 1. The molecule has 1 atom stereocenters. The Kier molecular flexibility index (Phi) is 6.12. The molecule has 172 valence electrons. The summed E-state index contributed by atoms with van der Waals surface area (Å²) in [5.41, 5.74) is 0.565. The average Bonchev–Trinajstić information content (AvgIpc) is 2.72. The van der Waals surface area contributed by atoms with Gasteiger partial charge in [-0.2, -0.15) is 4.31 Å². The molecule has 4 aliphatic carbocycles. The lowest BCUT2D eigenvalue weighted by Crippen LogP contribution is -2.55. The molecule has 6 nitrogen and oxygen atoms in total. The van der Waals surface area contributed by atoms with Crippen molar-refractivity contribution in [3.05, 3.63) is 23.8 Å². The molecule has 1 aromatic rings. The Bertz CT molecular complexity index is 904. The van der Waals surface area contributed by atoms with Crippen LogP contribution in [0.5, 0.6) is 5.75 Å². The van der Waals surface area contributed by atoms with Crippen molar-refractivity contribution >= 4 is 15.9 Å². The number of carbonyl (C=O) groups is 1. The number of rotatable bonds is 8. The Labute approximate surface area is 186 Å². The third-order valence-electron chi connectivity index (χ3n) is 8.10. The fourth-order valence-corrected chi connectivity index (χ4v) is 8.50. The highest BCUT2D eigenvalue weighted by Gasteiger charge is 2.53. The van der Waals surface area contributed by atoms with E-state index in [1.165, 1.54) is 56.0 Å². The molecule has 4 aliphatic rings. The maximum atomic E-state index is 13.2. The van der Waals surface area contributed by atoms with E-state index in [9.17, 15) is 13.2 Å². The second kappa shape index (κ2) is 8.39. The lowest BCUT2D eigenvalue weighted by molar-refractivity contribution is -0.0688. The van der Waals surface area contributed by atoms with Crippen LogP contribution in [-0.2, 0) is 10.0 Å². The zero-order valence-electron chi connectivity index (χ0n) is 19.2. The summed E-state index contributed by atoms with van der Waals surface area (Å²) < 4.78 is 32.9. The van der Waals surface area contributed by atoms with Crippen LogP contribution in [0.4, 0.5) is 0 Å². The Hall–Kier alpha value is -1.60. The van der Waals surface area contributed by atoms with Gasteiger partial charge < -0.3 is 10.1 Å². The van der Waals surface area contributed by atoms with E-state index in [1.54, 1.807) is 26.0 Å². The summed E-state index contributed by atoms with van der Waals surface area (Å²) in [7, 11) is -2.29. The maximum Gasteiger partial charge on any atom is 0.251 e. The van der Waals surface area contributed by atoms with Gasteiger partial charge in [0.2, 0.25) is 10.0 Å². The highest BCUT2D eigenvalue weighted by molar-refractivity contribution is 7.89. The van der Waals surface area contributed by atoms with Gasteiger partial charge in [-0.25, -0.2) is 8.42 Å². The number of sulfonamides is 1. The second-order valence-corrected chi connectivity index (χ2v) is 11.8. The molecule has 1 aromatic carbocycles. The molecular weight excluding hydrogens is 412 g/mol. The first-order valence-corrected chi connectivity index (χ1v) is 13.2. The molecule has 4 bridgehead atoms. The van der Waals surface area contributed by atoms with Crippen molar-refractivity contribution < 1.29 is 17.9 Å². The number of nitrogens with one attached hydrogen (secondary N) is 1. The van der Waals surface area contributed by atoms with Crippen molar-refractivity contribution in [3.63, 3.8) is 0 Å². The fraction of sp³-hybridized carbons (Fsp3) is 0.708. The van der Waals surface area contributed by atoms with Gasteiger partial charge >= 0.3 is 0 Å². The van der Waals surface area contributed by atoms with E-state index in [1.807, 2.05) is 0 Å². The van der Waals surface area contributed by atoms with E-state index in [-0.39, 0.29) is 28.0 Å². The first-order chi connectivity index (χ1) is 14.7. The van der Waals surface area contributed by atoms with Gasteiger partial charge in [0.05, 0.1) is 7.11 Å². The quantitative estimate of drug-likeness (QED) is 0.651. The van der Waals surface area contributed by atoms with Crippen LogP contribution in [0, 0.1) is 23.2 Å². The molecule has 31 heavy (non-hydrogen) atoms. The minimum absolute atomic E-state index is 0.0498. The monoisotopic (exact) mass is 448 g/mol. The molecule has 7 heteroatoms. The van der Waals surface area contributed by atoms with Crippen LogP contribution in [0.2, 0.25) is 0 Å². The van der Waals surface area contributed by atoms with Crippen LogP contribution in [0.1, 0.15) is 69.7 Å². The third kappa shape index (κ3) is 3.99. The van der Waals surface area contributed by atoms with Gasteiger partial charge in [-0.1, -0.05) is 13.8 Å². The van der Waals surface area contributed by atoms with E-state index in [0.29, 0.717) is 18.7 Å². The molecule has 5 rings (SSSR count). The van der Waals surface area contributed by atoms with Gasteiger partial charge in [-0.05, 0) is 86.8 Å². The zero-order chi connectivity index (χ0) is 22.4. The number of ether oxygens (including phenoxy) is 1. The fourth-order valence-electron chi connectivity index (χ4n) is 6.86. The average molecular weight is 449 g/mol. The molecule has 0 aliphatic heterocycles. The highest BCUT2D eigenvalue weighted by Crippen LogP contribution is 2.61. The summed E-state index contributed by atoms with van der Waals surface area (Å²) in [6, 6.07) is 4.79. The smallest absolute Gasteiger partial charge is 0.251 e. The first kappa shape index (κ1) is 22.6. The van der Waals surface area contributed by atoms with Crippen LogP contribution in [-0.4, -0.2) is 44.9 Å². The normalized spacial score (nSPS) is 30.4. The zero-order valence-corrected chi connectivity index (χ0v) is 20.0. The van der Waals surface area contributed by atoms with Crippen LogP contribution < -0.4 is 10.1 Å². The van der Waals surface area contributed by atoms with Crippen molar-refractivity contribution in [2.75, 3.05) is 20.2 Å². The summed E-state index contributed by atoms with van der Waals surface area (Å²) >= 11 is 0. The predicted octanol–water partition coefficient (Wildman–Crippen LogP) is 4.06. The summed E-state index contributed by atoms with van der Waals surface area (Å²) in [4.78, 5) is 13.2. The van der Waals surface area contributed by atoms with E-state index in [2.05, 4.69) is 12.2 Å². The molecule has 4 saturated carbocycles. The molecule has 0 saturated heterocycles. The number of nitrogens with zero attached hydrogens (tertiary/aromatic N) is 1. The number of carbonyl (C=O) groups excluding carboxylic acids is 1. The van der Waals surface area contributed by atoms with Crippen LogP contribution in [0.15, 0.2) is 23.1 Å². The molecule has 1 amide bonds. The van der Waals surface area contributed by atoms with Crippen molar-refractivity contribution in [2.45, 2.75) is 70.2 Å². The van der Waals surface area contributed by atoms with Gasteiger partial charge in [0.15, 0.2) is 0 Å². The van der Waals surface area contributed by atoms with Crippen molar-refractivity contribution in [1.29, 1.82) is 0 Å². The summed E-state index contributed by atoms with van der Waals surface area (Å²) in [6.45, 7) is 6.47. The SMILES string of the molecule is CCN(CC)S(=O)(=O)c1cc(C(=O)NC(C)C23CC4CC(CC(C4)C2)C3)ccc1OC. The lowest BCUT2D eigenvalue weighted by atomic mass is 9.48. The third-order valence-corrected chi connectivity index (χ3v) is 10.2. The number of hydrogen-bond acceptors (Lipinski definition) is 4. The number of amides is 1. The van der Waals surface area contributed by atoms with Gasteiger partial charge in [-0.15, -0.1) is 0 Å². The van der Waals surface area contributed by atoms with Gasteiger partial charge in [-0.3, -0.25) is 4.79 Å². The number of hydrogen-bond donors (Lipinski definition) is 1. The van der Waals surface area contributed by atoms with Crippen molar-refractivity contribution in [3.8, 4) is 5.75 Å². The van der Waals surface area contributed by atoms with E-state index in [0.717, 1.165) is 17.8 Å². The molecule has 0 spiro atoms. The Morgan fingerprint density at radius 3 is 2.16 bits per heavy atom. The minimum Gasteiger partial charge on any atom is -0.495 e. The van der Waals surface area contributed by atoms with Crippen molar-refractivity contribution in [1.82, 2.24) is 9.62 Å². The molecular formula is C24H36N2O4S. The highest BCUT2D eigenvalue weighted by atomic mass is 32.2. The topological polar surface area (TPSA) is 75.7 Å². The molecule has 1 N–H and O–H groups in total. The van der Waals surface area contributed by atoms with E-state index >= 15 is 0 Å². The maximum absolute atomic E-state index is 13.2. The van der Waals surface area contributed by atoms with E-state index < -0.39 is 10.0 Å². The Balaban J connectivity index is 1.56. The molecule has 0 aromatic heterocycles. The molecule has 4 fully saturated rings. The minimum atomic E-state index is -3.74. The van der Waals surface area contributed by atoms with E-state index in [4.69, 9.17) is 4.74 Å². The molecule has 0 radical (unpaired) electrons. The largest absolute Gasteiger partial charge is 0.495 e. The van der Waals surface area contributed by atoms with Gasteiger partial charge in [0.1, 0.15) is 10.6 Å². The molecule has 1 unspecified atom stereocenters. The van der Waals surface area contributed by atoms with Crippen LogP contribution >= 0.6 is 0 Å². The van der Waals surface area contributed by atoms with Gasteiger partial charge in [0, 0.05) is 24.7 Å². The summed E-state index contributed by atoms with van der Waals surface area (Å²) in [6.07, 6.45) is 7.74. The van der Waals surface area contributed by atoms with Crippen molar-refractivity contribution in [2.24, 2.45) is 23.2 Å². The number of methoxy groups -OCH3 is 1. The predicted molar refractivity (Wildman–Crippen MR) is 121 cm³/mol. The Morgan fingerprint density at radius 1 is 1.13 bits per heavy atom. The second-order valence-electron chi connectivity index (χ2n) is 9.93. The Morgan fingerprint density at radius 2 is 1.68 bits per heavy atom. The first-order valence-electron chi connectivity index (χ1n) is 11.7. The summed E-state index contributed by atoms with van der Waals surface area (Å²) in [5.74, 6) is 2.51. The summed E-state index contributed by atoms with van der Waals surface area (Å²) in [5, 5.41) is 3.24. The molecule has 0 heterocycles. The van der Waals surface area contributed by atoms with Crippen LogP contribution in [0.25, 0.3) is 0 Å². The van der Waals surface area contributed by atoms with Crippen LogP contribution in [0.3, 0.4) is 0 Å². The van der Waals surface area contributed by atoms with Gasteiger partial charge in [0.25, 0.3) is 5.91 Å².